The second kappa shape index (κ2) is 5.37. The Labute approximate surface area is 97.9 Å². The van der Waals surface area contributed by atoms with E-state index in [2.05, 4.69) is 4.98 Å². The van der Waals surface area contributed by atoms with Crippen molar-refractivity contribution < 1.29 is 9.90 Å². The van der Waals surface area contributed by atoms with Crippen LogP contribution < -0.4 is 0 Å². The summed E-state index contributed by atoms with van der Waals surface area (Å²) in [6.07, 6.45) is 0. The molecule has 0 aliphatic heterocycles. The second-order valence-electron chi connectivity index (χ2n) is 3.24. The number of aromatic nitrogens is 1. The summed E-state index contributed by atoms with van der Waals surface area (Å²) >= 11 is 6.96. The van der Waals surface area contributed by atoms with E-state index in [0.29, 0.717) is 5.75 Å². The van der Waals surface area contributed by atoms with Gasteiger partial charge in [0, 0.05) is 11.4 Å². The minimum Gasteiger partial charge on any atom is -0.480 e. The van der Waals surface area contributed by atoms with Crippen molar-refractivity contribution in [2.75, 3.05) is 5.75 Å². The van der Waals surface area contributed by atoms with Crippen LogP contribution in [0.1, 0.15) is 11.3 Å². The highest BCUT2D eigenvalue weighted by molar-refractivity contribution is 7.99. The summed E-state index contributed by atoms with van der Waals surface area (Å²) < 4.78 is 0. The Balaban J connectivity index is 2.61. The molecule has 0 aromatic carbocycles. The Bertz CT molecular complexity index is 350. The molecule has 1 unspecified atom stereocenters. The molecular formula is C10H12ClNO2S. The van der Waals surface area contributed by atoms with E-state index in [-0.39, 0.29) is 0 Å². The maximum absolute atomic E-state index is 10.5. The van der Waals surface area contributed by atoms with Crippen molar-refractivity contribution >= 4 is 29.3 Å². The third-order valence-electron chi connectivity index (χ3n) is 1.72. The highest BCUT2D eigenvalue weighted by Crippen LogP contribution is 2.20. The number of aryl methyl sites for hydroxylation is 2. The Kier molecular flexibility index (Phi) is 4.42. The first kappa shape index (κ1) is 12.3. The molecule has 1 aromatic heterocycles. The summed E-state index contributed by atoms with van der Waals surface area (Å²) in [4.78, 5) is 14.8. The Morgan fingerprint density at radius 2 is 2.27 bits per heavy atom. The van der Waals surface area contributed by atoms with Crippen LogP contribution >= 0.6 is 23.4 Å². The van der Waals surface area contributed by atoms with Crippen molar-refractivity contribution in [3.8, 4) is 0 Å². The molecule has 0 aliphatic rings. The van der Waals surface area contributed by atoms with Crippen LogP contribution in [-0.4, -0.2) is 27.2 Å². The number of nitrogens with zero attached hydrogens (tertiary/aromatic N) is 1. The van der Waals surface area contributed by atoms with Crippen molar-refractivity contribution in [1.29, 1.82) is 0 Å². The van der Waals surface area contributed by atoms with E-state index in [1.54, 1.807) is 0 Å². The Morgan fingerprint density at radius 3 is 2.80 bits per heavy atom. The van der Waals surface area contributed by atoms with Crippen molar-refractivity contribution in [1.82, 2.24) is 4.98 Å². The number of thioether (sulfide) groups is 1. The lowest BCUT2D eigenvalue weighted by Crippen LogP contribution is -2.15. The maximum atomic E-state index is 10.5. The zero-order chi connectivity index (χ0) is 11.4. The van der Waals surface area contributed by atoms with Crippen LogP contribution in [0.5, 0.6) is 0 Å². The van der Waals surface area contributed by atoms with E-state index in [1.165, 1.54) is 11.8 Å². The van der Waals surface area contributed by atoms with Crippen molar-refractivity contribution in [2.24, 2.45) is 0 Å². The lowest BCUT2D eigenvalue weighted by Gasteiger charge is -2.05. The quantitative estimate of drug-likeness (QED) is 0.654. The van der Waals surface area contributed by atoms with Crippen molar-refractivity contribution in [2.45, 2.75) is 24.3 Å². The zero-order valence-electron chi connectivity index (χ0n) is 8.53. The molecule has 15 heavy (non-hydrogen) atoms. The number of pyridine rings is 1. The fraction of sp³-hybridized carbons (Fsp3) is 0.400. The average molecular weight is 246 g/mol. The minimum absolute atomic E-state index is 0.326. The van der Waals surface area contributed by atoms with Crippen LogP contribution in [0.2, 0.25) is 0 Å². The van der Waals surface area contributed by atoms with Gasteiger partial charge in [-0.1, -0.05) is 0 Å². The number of hydrogen-bond acceptors (Lipinski definition) is 3. The summed E-state index contributed by atoms with van der Waals surface area (Å²) in [5.41, 5.74) is 2.05. The smallest absolute Gasteiger partial charge is 0.322 e. The van der Waals surface area contributed by atoms with E-state index in [9.17, 15) is 4.79 Å². The summed E-state index contributed by atoms with van der Waals surface area (Å²) in [6.45, 7) is 3.89. The predicted octanol–water partition coefficient (Wildman–Crippen LogP) is 2.48. The maximum Gasteiger partial charge on any atom is 0.322 e. The third-order valence-corrected chi connectivity index (χ3v) is 3.25. The van der Waals surface area contributed by atoms with Crippen LogP contribution in [0.4, 0.5) is 0 Å². The summed E-state index contributed by atoms with van der Waals surface area (Å²) in [5, 5.41) is 8.56. The normalized spacial score (nSPS) is 12.5. The monoisotopic (exact) mass is 245 g/mol. The first-order valence-electron chi connectivity index (χ1n) is 4.44. The molecule has 1 heterocycles. The largest absolute Gasteiger partial charge is 0.480 e. The molecule has 0 saturated carbocycles. The Morgan fingerprint density at radius 1 is 1.60 bits per heavy atom. The van der Waals surface area contributed by atoms with Crippen LogP contribution in [0.15, 0.2) is 17.2 Å². The molecule has 0 fully saturated rings. The molecule has 0 bridgehead atoms. The number of hydrogen-bond donors (Lipinski definition) is 1. The van der Waals surface area contributed by atoms with Gasteiger partial charge >= 0.3 is 5.97 Å². The van der Waals surface area contributed by atoms with Gasteiger partial charge in [-0.25, -0.2) is 4.98 Å². The molecule has 3 nitrogen and oxygen atoms in total. The first-order chi connectivity index (χ1) is 6.99. The third kappa shape index (κ3) is 4.10. The second-order valence-corrected chi connectivity index (χ2v) is 4.81. The molecule has 0 saturated heterocycles. The van der Waals surface area contributed by atoms with E-state index < -0.39 is 11.3 Å². The molecule has 5 heteroatoms. The molecule has 0 radical (unpaired) electrons. The molecule has 0 amide bonds. The number of carbonyl (C=O) groups is 1. The first-order valence-corrected chi connectivity index (χ1v) is 5.86. The van der Waals surface area contributed by atoms with Crippen LogP contribution in [0, 0.1) is 13.8 Å². The van der Waals surface area contributed by atoms with Gasteiger partial charge in [0.2, 0.25) is 0 Å². The molecule has 1 rings (SSSR count). The van der Waals surface area contributed by atoms with Gasteiger partial charge in [-0.3, -0.25) is 4.79 Å². The minimum atomic E-state index is -0.992. The van der Waals surface area contributed by atoms with Gasteiger partial charge in [-0.2, -0.15) is 0 Å². The fourth-order valence-corrected chi connectivity index (χ4v) is 2.23. The number of carboxylic acids is 1. The van der Waals surface area contributed by atoms with Crippen molar-refractivity contribution in [3.63, 3.8) is 0 Å². The van der Waals surface area contributed by atoms with Gasteiger partial charge < -0.3 is 5.11 Å². The van der Waals surface area contributed by atoms with Crippen LogP contribution in [-0.2, 0) is 4.79 Å². The average Bonchev–Trinajstić information content (AvgIpc) is 2.12. The van der Waals surface area contributed by atoms with E-state index >= 15 is 0 Å². The van der Waals surface area contributed by atoms with Crippen molar-refractivity contribution in [3.05, 3.63) is 23.4 Å². The number of halogens is 1. The van der Waals surface area contributed by atoms with Gasteiger partial charge in [-0.15, -0.1) is 23.4 Å². The van der Waals surface area contributed by atoms with Gasteiger partial charge in [-0.05, 0) is 31.5 Å². The van der Waals surface area contributed by atoms with Gasteiger partial charge in [0.1, 0.15) is 5.38 Å². The molecule has 1 aromatic rings. The number of rotatable bonds is 4. The van der Waals surface area contributed by atoms with Gasteiger partial charge in [0.25, 0.3) is 0 Å². The number of carboxylic acid groups (broad SMARTS) is 1. The molecule has 0 spiro atoms. The number of alkyl halides is 1. The van der Waals surface area contributed by atoms with E-state index in [4.69, 9.17) is 16.7 Å². The standard InChI is InChI=1S/C10H12ClNO2S/c1-6-3-7(2)12-9(4-6)15-5-8(11)10(13)14/h3-4,8H,5H2,1-2H3,(H,13,14). The molecule has 0 aliphatic carbocycles. The molecule has 1 atom stereocenters. The summed E-state index contributed by atoms with van der Waals surface area (Å²) in [6, 6.07) is 3.89. The highest BCUT2D eigenvalue weighted by atomic mass is 35.5. The molecule has 82 valence electrons. The van der Waals surface area contributed by atoms with Crippen LogP contribution in [0.25, 0.3) is 0 Å². The SMILES string of the molecule is Cc1cc(C)nc(SCC(Cl)C(=O)O)c1. The predicted molar refractivity (Wildman–Crippen MR) is 61.7 cm³/mol. The molecular weight excluding hydrogens is 234 g/mol. The lowest BCUT2D eigenvalue weighted by atomic mass is 10.3. The summed E-state index contributed by atoms with van der Waals surface area (Å²) in [5.74, 6) is -0.666. The van der Waals surface area contributed by atoms with Crippen LogP contribution in [0.3, 0.4) is 0 Å². The van der Waals surface area contributed by atoms with E-state index in [0.717, 1.165) is 16.3 Å². The number of aliphatic carboxylic acids is 1. The van der Waals surface area contributed by atoms with Gasteiger partial charge in [0.15, 0.2) is 0 Å². The highest BCUT2D eigenvalue weighted by Gasteiger charge is 2.14. The van der Waals surface area contributed by atoms with Gasteiger partial charge in [0.05, 0.1) is 5.03 Å². The lowest BCUT2D eigenvalue weighted by molar-refractivity contribution is -0.136. The van der Waals surface area contributed by atoms with E-state index in [1.807, 2.05) is 26.0 Å². The summed E-state index contributed by atoms with van der Waals surface area (Å²) in [7, 11) is 0. The Hall–Kier alpha value is -0.740. The topological polar surface area (TPSA) is 50.2 Å². The molecule has 1 N–H and O–H groups in total. The fourth-order valence-electron chi connectivity index (χ4n) is 1.11. The zero-order valence-corrected chi connectivity index (χ0v) is 10.1.